The van der Waals surface area contributed by atoms with E-state index in [1.807, 2.05) is 6.07 Å². The van der Waals surface area contributed by atoms with Crippen LogP contribution in [0.1, 0.15) is 22.8 Å². The molecule has 2 rings (SSSR count). The van der Waals surface area contributed by atoms with Crippen LogP contribution in [0.2, 0.25) is 0 Å². The van der Waals surface area contributed by atoms with Gasteiger partial charge in [0.15, 0.2) is 0 Å². The Kier molecular flexibility index (Phi) is 9.08. The van der Waals surface area contributed by atoms with Crippen LogP contribution in [0.5, 0.6) is 0 Å². The van der Waals surface area contributed by atoms with Gasteiger partial charge in [-0.2, -0.15) is 0 Å². The Bertz CT molecular complexity index is 786. The first-order valence-corrected chi connectivity index (χ1v) is 9.91. The van der Waals surface area contributed by atoms with Gasteiger partial charge >= 0.3 is 0 Å². The third-order valence-electron chi connectivity index (χ3n) is 3.82. The molecule has 0 aliphatic carbocycles. The molecule has 0 bridgehead atoms. The van der Waals surface area contributed by atoms with Crippen LogP contribution in [0.3, 0.4) is 0 Å². The summed E-state index contributed by atoms with van der Waals surface area (Å²) >= 11 is 0. The summed E-state index contributed by atoms with van der Waals surface area (Å²) in [7, 11) is 2.96. The van der Waals surface area contributed by atoms with E-state index < -0.39 is 10.4 Å². The first-order chi connectivity index (χ1) is 12.5. The first kappa shape index (κ1) is 23.3. The van der Waals surface area contributed by atoms with Crippen LogP contribution in [-0.4, -0.2) is 58.9 Å². The Morgan fingerprint density at radius 3 is 2.00 bits per heavy atom. The Labute approximate surface area is 162 Å². The molecule has 1 atom stereocenters. The fraction of sp³-hybridized carbons (Fsp3) is 0.400. The molecule has 0 amide bonds. The van der Waals surface area contributed by atoms with E-state index in [2.05, 4.69) is 80.8 Å². The van der Waals surface area contributed by atoms with Gasteiger partial charge in [0.2, 0.25) is 10.4 Å². The molecule has 2 aromatic carbocycles. The van der Waals surface area contributed by atoms with Gasteiger partial charge in [-0.25, -0.2) is 8.42 Å². The minimum absolute atomic E-state index is 0.0129. The lowest BCUT2D eigenvalue weighted by molar-refractivity contribution is -0.870. The fourth-order valence-corrected chi connectivity index (χ4v) is 2.32. The van der Waals surface area contributed by atoms with Crippen LogP contribution >= 0.6 is 0 Å². The normalized spacial score (nSPS) is 12.8. The number of benzene rings is 2. The summed E-state index contributed by atoms with van der Waals surface area (Å²) in [6, 6.07) is 19.0. The second kappa shape index (κ2) is 10.5. The largest absolute Gasteiger partial charge is 0.726 e. The highest BCUT2D eigenvalue weighted by Crippen LogP contribution is 2.28. The van der Waals surface area contributed by atoms with Gasteiger partial charge in [-0.15, -0.1) is 0 Å². The molecular weight excluding hydrogens is 366 g/mol. The van der Waals surface area contributed by atoms with Crippen molar-refractivity contribution in [2.24, 2.45) is 0 Å². The van der Waals surface area contributed by atoms with Crippen molar-refractivity contribution < 1.29 is 26.4 Å². The van der Waals surface area contributed by atoms with Crippen LogP contribution in [0.4, 0.5) is 0 Å². The van der Waals surface area contributed by atoms with Crippen molar-refractivity contribution >= 4 is 10.4 Å². The zero-order valence-electron chi connectivity index (χ0n) is 16.6. The van der Waals surface area contributed by atoms with E-state index in [9.17, 15) is 13.0 Å². The second-order valence-corrected chi connectivity index (χ2v) is 8.26. The van der Waals surface area contributed by atoms with Gasteiger partial charge in [-0.05, 0) is 23.6 Å². The average Bonchev–Trinajstić information content (AvgIpc) is 2.59. The predicted molar refractivity (Wildman–Crippen MR) is 105 cm³/mol. The molecule has 0 spiro atoms. The zero-order chi connectivity index (χ0) is 20.5. The molecule has 6 nitrogen and oxygen atoms in total. The van der Waals surface area contributed by atoms with Crippen LogP contribution in [0.15, 0.2) is 54.6 Å². The van der Waals surface area contributed by atoms with Gasteiger partial charge in [0.05, 0.1) is 34.9 Å². The number of hydrogen-bond acceptors (Lipinski definition) is 5. The van der Waals surface area contributed by atoms with Gasteiger partial charge in [0.1, 0.15) is 12.6 Å². The van der Waals surface area contributed by atoms with Crippen molar-refractivity contribution in [3.05, 3.63) is 71.3 Å². The summed E-state index contributed by atoms with van der Waals surface area (Å²) in [6.07, 6.45) is 0.0129. The third kappa shape index (κ3) is 9.65. The SMILES string of the molecule is COS(=O)(=O)[O-].Cc1ccccc1C(OCC[N+](C)(C)C)c1ccccc1. The molecule has 0 aromatic heterocycles. The van der Waals surface area contributed by atoms with Crippen molar-refractivity contribution in [3.63, 3.8) is 0 Å². The smallest absolute Gasteiger partial charge is 0.217 e. The molecule has 0 aliphatic rings. The number of ether oxygens (including phenoxy) is 1. The quantitative estimate of drug-likeness (QED) is 0.409. The highest BCUT2D eigenvalue weighted by Gasteiger charge is 2.17. The molecule has 0 saturated carbocycles. The molecule has 0 N–H and O–H groups in total. The maximum absolute atomic E-state index is 9.22. The van der Waals surface area contributed by atoms with Crippen LogP contribution in [0.25, 0.3) is 0 Å². The molecule has 27 heavy (non-hydrogen) atoms. The van der Waals surface area contributed by atoms with Crippen molar-refractivity contribution in [1.82, 2.24) is 0 Å². The summed E-state index contributed by atoms with van der Waals surface area (Å²) in [5.41, 5.74) is 3.75. The fourth-order valence-electron chi connectivity index (χ4n) is 2.32. The molecule has 0 saturated heterocycles. The summed E-state index contributed by atoms with van der Waals surface area (Å²) in [4.78, 5) is 0. The molecule has 7 heteroatoms. The van der Waals surface area contributed by atoms with Crippen molar-refractivity contribution in [3.8, 4) is 0 Å². The lowest BCUT2D eigenvalue weighted by Gasteiger charge is -2.26. The van der Waals surface area contributed by atoms with Gasteiger partial charge in [0, 0.05) is 0 Å². The van der Waals surface area contributed by atoms with Gasteiger partial charge in [0.25, 0.3) is 0 Å². The van der Waals surface area contributed by atoms with E-state index in [0.29, 0.717) is 0 Å². The monoisotopic (exact) mass is 395 g/mol. The molecule has 0 aliphatic heterocycles. The van der Waals surface area contributed by atoms with Gasteiger partial charge in [-0.3, -0.25) is 4.18 Å². The topological polar surface area (TPSA) is 75.7 Å². The van der Waals surface area contributed by atoms with E-state index >= 15 is 0 Å². The van der Waals surface area contributed by atoms with E-state index in [0.717, 1.165) is 24.7 Å². The lowest BCUT2D eigenvalue weighted by atomic mass is 9.97. The maximum atomic E-state index is 9.22. The summed E-state index contributed by atoms with van der Waals surface area (Å²) in [5, 5.41) is 0. The van der Waals surface area contributed by atoms with Crippen molar-refractivity contribution in [2.75, 3.05) is 41.4 Å². The maximum Gasteiger partial charge on any atom is 0.217 e. The van der Waals surface area contributed by atoms with E-state index in [1.54, 1.807) is 0 Å². The molecule has 2 aromatic rings. The third-order valence-corrected chi connectivity index (χ3v) is 4.23. The highest BCUT2D eigenvalue weighted by molar-refractivity contribution is 7.80. The molecule has 0 heterocycles. The number of nitrogens with zero attached hydrogens (tertiary/aromatic N) is 1. The second-order valence-electron chi connectivity index (χ2n) is 7.11. The summed E-state index contributed by atoms with van der Waals surface area (Å²) < 4.78 is 38.2. The number of likely N-dealkylation sites (N-methyl/N-ethyl adjacent to an activating group) is 1. The predicted octanol–water partition coefficient (Wildman–Crippen LogP) is 2.90. The lowest BCUT2D eigenvalue weighted by Crippen LogP contribution is -2.37. The first-order valence-electron chi connectivity index (χ1n) is 8.57. The number of hydrogen-bond donors (Lipinski definition) is 0. The van der Waals surface area contributed by atoms with Crippen molar-refractivity contribution in [2.45, 2.75) is 13.0 Å². The van der Waals surface area contributed by atoms with E-state index in [4.69, 9.17) is 4.74 Å². The van der Waals surface area contributed by atoms with Gasteiger partial charge in [-0.1, -0.05) is 54.6 Å². The van der Waals surface area contributed by atoms with Crippen LogP contribution < -0.4 is 0 Å². The highest BCUT2D eigenvalue weighted by atomic mass is 32.3. The Morgan fingerprint density at radius 1 is 1.00 bits per heavy atom. The van der Waals surface area contributed by atoms with Crippen molar-refractivity contribution in [1.29, 1.82) is 0 Å². The number of aryl methyl sites for hydroxylation is 1. The number of rotatable bonds is 7. The van der Waals surface area contributed by atoms with E-state index in [-0.39, 0.29) is 6.10 Å². The summed E-state index contributed by atoms with van der Waals surface area (Å²) in [6.45, 7) is 3.89. The van der Waals surface area contributed by atoms with Crippen LogP contribution in [-0.2, 0) is 19.3 Å². The van der Waals surface area contributed by atoms with Gasteiger partial charge < -0.3 is 13.8 Å². The standard InChI is InChI=1S/C19H26NO.CH4O4S/c1-16-10-8-9-13-18(16)19(17-11-6-5-7-12-17)21-15-14-20(2,3)4;1-5-6(2,3)4/h5-13,19H,14-15H2,1-4H3;1H3,(H,2,3,4)/q+1;/p-1. The zero-order valence-corrected chi connectivity index (χ0v) is 17.4. The average molecular weight is 396 g/mol. The van der Waals surface area contributed by atoms with E-state index in [1.165, 1.54) is 16.7 Å². The minimum atomic E-state index is -4.41. The molecule has 0 radical (unpaired) electrons. The number of quaternary nitrogens is 1. The summed E-state index contributed by atoms with van der Waals surface area (Å²) in [5.74, 6) is 0. The van der Waals surface area contributed by atoms with Crippen LogP contribution in [0, 0.1) is 6.92 Å². The Hall–Kier alpha value is -1.77. The minimum Gasteiger partial charge on any atom is -0.726 e. The molecular formula is C20H29NO5S. The molecule has 150 valence electrons. The molecule has 0 fully saturated rings. The Morgan fingerprint density at radius 2 is 1.52 bits per heavy atom. The Balaban J connectivity index is 0.000000527. The molecule has 1 unspecified atom stereocenters.